The molecule has 0 aliphatic heterocycles. The number of esters is 1. The molecule has 1 aliphatic rings. The Labute approximate surface area is 135 Å². The number of ether oxygens (including phenoxy) is 2. The number of thiophene rings is 1. The Morgan fingerprint density at radius 2 is 1.95 bits per heavy atom. The summed E-state index contributed by atoms with van der Waals surface area (Å²) < 4.78 is 10.3. The first-order valence-electron chi connectivity index (χ1n) is 7.82. The van der Waals surface area contributed by atoms with Crippen LogP contribution in [0.5, 0.6) is 0 Å². The SMILES string of the molecule is CCOC(=O)Nc1sc2c(c1C(=O)OC(C)C)CCCCC2. The summed E-state index contributed by atoms with van der Waals surface area (Å²) in [5.41, 5.74) is 1.56. The molecular formula is C16H23NO4S. The molecule has 0 saturated carbocycles. The number of carbonyl (C=O) groups is 2. The minimum atomic E-state index is -0.530. The summed E-state index contributed by atoms with van der Waals surface area (Å²) in [6.07, 6.45) is 4.43. The minimum Gasteiger partial charge on any atom is -0.459 e. The maximum absolute atomic E-state index is 12.5. The van der Waals surface area contributed by atoms with E-state index in [0.29, 0.717) is 17.2 Å². The van der Waals surface area contributed by atoms with Crippen LogP contribution in [0.3, 0.4) is 0 Å². The number of aryl methyl sites for hydroxylation is 1. The summed E-state index contributed by atoms with van der Waals surface area (Å²) in [4.78, 5) is 25.3. The highest BCUT2D eigenvalue weighted by Gasteiger charge is 2.27. The number of hydrogen-bond acceptors (Lipinski definition) is 5. The first-order valence-corrected chi connectivity index (χ1v) is 8.63. The second kappa shape index (κ2) is 7.63. The number of carbonyl (C=O) groups excluding carboxylic acids is 2. The van der Waals surface area contributed by atoms with Crippen LogP contribution in [0.25, 0.3) is 0 Å². The Hall–Kier alpha value is -1.56. The van der Waals surface area contributed by atoms with Crippen molar-refractivity contribution < 1.29 is 19.1 Å². The molecule has 0 unspecified atom stereocenters. The van der Waals surface area contributed by atoms with Gasteiger partial charge >= 0.3 is 12.1 Å². The van der Waals surface area contributed by atoms with E-state index in [1.54, 1.807) is 6.92 Å². The van der Waals surface area contributed by atoms with Crippen molar-refractivity contribution in [1.82, 2.24) is 0 Å². The number of nitrogens with one attached hydrogen (secondary N) is 1. The topological polar surface area (TPSA) is 64.6 Å². The molecule has 0 atom stereocenters. The predicted octanol–water partition coefficient (Wildman–Crippen LogP) is 4.15. The van der Waals surface area contributed by atoms with Gasteiger partial charge in [0.25, 0.3) is 0 Å². The maximum Gasteiger partial charge on any atom is 0.412 e. The van der Waals surface area contributed by atoms with E-state index in [4.69, 9.17) is 9.47 Å². The van der Waals surface area contributed by atoms with E-state index in [9.17, 15) is 9.59 Å². The monoisotopic (exact) mass is 325 g/mol. The van der Waals surface area contributed by atoms with Gasteiger partial charge in [0.2, 0.25) is 0 Å². The summed E-state index contributed by atoms with van der Waals surface area (Å²) in [6, 6.07) is 0. The summed E-state index contributed by atoms with van der Waals surface area (Å²) in [5, 5.41) is 3.25. The van der Waals surface area contributed by atoms with Gasteiger partial charge in [0, 0.05) is 4.88 Å². The number of amides is 1. The van der Waals surface area contributed by atoms with Crippen LogP contribution in [0.4, 0.5) is 9.80 Å². The Morgan fingerprint density at radius 3 is 2.64 bits per heavy atom. The Morgan fingerprint density at radius 1 is 1.23 bits per heavy atom. The highest BCUT2D eigenvalue weighted by atomic mass is 32.1. The molecule has 0 aromatic carbocycles. The van der Waals surface area contributed by atoms with Crippen molar-refractivity contribution in [3.05, 3.63) is 16.0 Å². The fraction of sp³-hybridized carbons (Fsp3) is 0.625. The second-order valence-electron chi connectivity index (χ2n) is 5.57. The standard InChI is InChI=1S/C16H23NO4S/c1-4-20-16(19)17-14-13(15(18)21-10(2)3)11-8-6-5-7-9-12(11)22-14/h10H,4-9H2,1-3H3,(H,17,19). The molecule has 1 aromatic rings. The smallest absolute Gasteiger partial charge is 0.412 e. The molecular weight excluding hydrogens is 302 g/mol. The molecule has 1 aliphatic carbocycles. The van der Waals surface area contributed by atoms with Gasteiger partial charge in [0.15, 0.2) is 0 Å². The van der Waals surface area contributed by atoms with Gasteiger partial charge in [0.1, 0.15) is 5.00 Å². The van der Waals surface area contributed by atoms with E-state index in [1.165, 1.54) is 22.6 Å². The average Bonchev–Trinajstić information content (AvgIpc) is 2.61. The number of hydrogen-bond donors (Lipinski definition) is 1. The molecule has 5 nitrogen and oxygen atoms in total. The van der Waals surface area contributed by atoms with Crippen LogP contribution in [-0.4, -0.2) is 24.8 Å². The molecule has 0 fully saturated rings. The fourth-order valence-electron chi connectivity index (χ4n) is 2.58. The van der Waals surface area contributed by atoms with Gasteiger partial charge in [0.05, 0.1) is 18.3 Å². The van der Waals surface area contributed by atoms with Crippen LogP contribution in [0.1, 0.15) is 60.8 Å². The molecule has 0 radical (unpaired) electrons. The molecule has 0 spiro atoms. The highest BCUT2D eigenvalue weighted by Crippen LogP contribution is 2.38. The lowest BCUT2D eigenvalue weighted by Gasteiger charge is -2.11. The molecule has 1 N–H and O–H groups in total. The average molecular weight is 325 g/mol. The molecule has 0 bridgehead atoms. The minimum absolute atomic E-state index is 0.190. The van der Waals surface area contributed by atoms with Crippen molar-refractivity contribution in [3.8, 4) is 0 Å². The second-order valence-corrected chi connectivity index (χ2v) is 6.67. The van der Waals surface area contributed by atoms with E-state index in [-0.39, 0.29) is 12.1 Å². The van der Waals surface area contributed by atoms with Crippen LogP contribution in [0.15, 0.2) is 0 Å². The third kappa shape index (κ3) is 4.00. The Balaban J connectivity index is 2.34. The zero-order valence-electron chi connectivity index (χ0n) is 13.4. The normalized spacial score (nSPS) is 14.2. The van der Waals surface area contributed by atoms with Crippen molar-refractivity contribution in [2.75, 3.05) is 11.9 Å². The molecule has 1 heterocycles. The number of anilines is 1. The summed E-state index contributed by atoms with van der Waals surface area (Å²) in [6.45, 7) is 5.68. The largest absolute Gasteiger partial charge is 0.459 e. The molecule has 122 valence electrons. The first-order chi connectivity index (χ1) is 10.5. The molecule has 22 heavy (non-hydrogen) atoms. The fourth-order valence-corrected chi connectivity index (χ4v) is 3.84. The third-order valence-corrected chi connectivity index (χ3v) is 4.67. The zero-order valence-corrected chi connectivity index (χ0v) is 14.2. The van der Waals surface area contributed by atoms with Gasteiger partial charge < -0.3 is 9.47 Å². The van der Waals surface area contributed by atoms with Crippen LogP contribution in [-0.2, 0) is 22.3 Å². The van der Waals surface area contributed by atoms with Gasteiger partial charge in [-0.2, -0.15) is 0 Å². The van der Waals surface area contributed by atoms with Gasteiger partial charge in [-0.3, -0.25) is 5.32 Å². The van der Waals surface area contributed by atoms with Gasteiger partial charge in [-0.15, -0.1) is 11.3 Å². The van der Waals surface area contributed by atoms with Crippen LogP contribution < -0.4 is 5.32 Å². The third-order valence-electron chi connectivity index (χ3n) is 3.46. The quantitative estimate of drug-likeness (QED) is 0.667. The number of rotatable bonds is 4. The Kier molecular flexibility index (Phi) is 5.83. The molecule has 2 rings (SSSR count). The van der Waals surface area contributed by atoms with Crippen molar-refractivity contribution in [2.45, 2.75) is 59.0 Å². The molecule has 1 aromatic heterocycles. The molecule has 0 saturated heterocycles. The van der Waals surface area contributed by atoms with Crippen molar-refractivity contribution >= 4 is 28.4 Å². The number of fused-ring (bicyclic) bond motifs is 1. The summed E-state index contributed by atoms with van der Waals surface area (Å²) in [5.74, 6) is -0.360. The van der Waals surface area contributed by atoms with E-state index in [0.717, 1.165) is 31.2 Å². The zero-order chi connectivity index (χ0) is 16.1. The lowest BCUT2D eigenvalue weighted by atomic mass is 10.1. The van der Waals surface area contributed by atoms with Crippen molar-refractivity contribution in [3.63, 3.8) is 0 Å². The van der Waals surface area contributed by atoms with Gasteiger partial charge in [-0.1, -0.05) is 6.42 Å². The maximum atomic E-state index is 12.5. The predicted molar refractivity (Wildman–Crippen MR) is 86.8 cm³/mol. The van der Waals surface area contributed by atoms with Crippen molar-refractivity contribution in [1.29, 1.82) is 0 Å². The van der Waals surface area contributed by atoms with Gasteiger partial charge in [-0.05, 0) is 52.0 Å². The van der Waals surface area contributed by atoms with Crippen LogP contribution in [0, 0.1) is 0 Å². The van der Waals surface area contributed by atoms with Crippen LogP contribution in [0.2, 0.25) is 0 Å². The van der Waals surface area contributed by atoms with E-state index in [2.05, 4.69) is 5.32 Å². The first kappa shape index (κ1) is 16.8. The van der Waals surface area contributed by atoms with E-state index >= 15 is 0 Å². The van der Waals surface area contributed by atoms with E-state index < -0.39 is 6.09 Å². The lowest BCUT2D eigenvalue weighted by Crippen LogP contribution is -2.18. The van der Waals surface area contributed by atoms with Gasteiger partial charge in [-0.25, -0.2) is 9.59 Å². The summed E-state index contributed by atoms with van der Waals surface area (Å²) >= 11 is 1.47. The Bertz CT molecular complexity index is 551. The molecule has 6 heteroatoms. The lowest BCUT2D eigenvalue weighted by molar-refractivity contribution is 0.0378. The van der Waals surface area contributed by atoms with Crippen molar-refractivity contribution in [2.24, 2.45) is 0 Å². The highest BCUT2D eigenvalue weighted by molar-refractivity contribution is 7.17. The van der Waals surface area contributed by atoms with Crippen LogP contribution >= 0.6 is 11.3 Å². The molecule has 1 amide bonds. The van der Waals surface area contributed by atoms with E-state index in [1.807, 2.05) is 13.8 Å². The summed E-state index contributed by atoms with van der Waals surface area (Å²) in [7, 11) is 0.